The maximum absolute atomic E-state index is 14.4. The Hall–Kier alpha value is -6.94. The number of carbonyl (C=O) groups excluding carboxylic acids is 4. The van der Waals surface area contributed by atoms with E-state index in [0.29, 0.717) is 49.8 Å². The lowest BCUT2D eigenvalue weighted by atomic mass is 9.92. The molecule has 9 rings (SSSR count). The number of likely N-dealkylation sites (tertiary alicyclic amines) is 2. The highest BCUT2D eigenvalue weighted by Crippen LogP contribution is 2.44. The monoisotopic (exact) mass is 896 g/mol. The van der Waals surface area contributed by atoms with Crippen LogP contribution < -0.4 is 15.4 Å². The van der Waals surface area contributed by atoms with Gasteiger partial charge in [-0.2, -0.15) is 0 Å². The third kappa shape index (κ3) is 8.29. The van der Waals surface area contributed by atoms with Crippen molar-refractivity contribution < 1.29 is 38.1 Å². The summed E-state index contributed by atoms with van der Waals surface area (Å²) in [5.41, 5.74) is 7.08. The number of hydrogen-bond donors (Lipinski definition) is 4. The molecule has 2 aromatic heterocycles. The van der Waals surface area contributed by atoms with Crippen molar-refractivity contribution >= 4 is 45.8 Å². The van der Waals surface area contributed by atoms with Crippen molar-refractivity contribution in [2.24, 2.45) is 11.8 Å². The first-order valence-electron chi connectivity index (χ1n) is 22.6. The van der Waals surface area contributed by atoms with Gasteiger partial charge in [0.05, 0.1) is 55.8 Å². The predicted octanol–water partition coefficient (Wildman–Crippen LogP) is 8.12. The number of ether oxygens (including phenoxy) is 4. The summed E-state index contributed by atoms with van der Waals surface area (Å²) in [6.07, 6.45) is 3.38. The van der Waals surface area contributed by atoms with E-state index in [1.807, 2.05) is 68.1 Å². The van der Waals surface area contributed by atoms with Gasteiger partial charge >= 0.3 is 12.2 Å². The van der Waals surface area contributed by atoms with Crippen LogP contribution in [-0.4, -0.2) is 100 Å². The average molecular weight is 897 g/mol. The summed E-state index contributed by atoms with van der Waals surface area (Å²) in [6.45, 7) is 7.26. The van der Waals surface area contributed by atoms with Gasteiger partial charge in [0.1, 0.15) is 36.1 Å². The average Bonchev–Trinajstić information content (AvgIpc) is 4.17. The lowest BCUT2D eigenvalue weighted by Crippen LogP contribution is -2.53. The summed E-state index contributed by atoms with van der Waals surface area (Å²) in [4.78, 5) is 73.8. The van der Waals surface area contributed by atoms with Gasteiger partial charge in [0.25, 0.3) is 5.91 Å². The highest BCUT2D eigenvalue weighted by molar-refractivity contribution is 6.06. The second-order valence-electron chi connectivity index (χ2n) is 17.7. The number of nitrogens with zero attached hydrogens (tertiary/aromatic N) is 4. The molecule has 0 aliphatic carbocycles. The number of benzene rings is 4. The molecule has 0 unspecified atom stereocenters. The Morgan fingerprint density at radius 3 is 2.42 bits per heavy atom. The van der Waals surface area contributed by atoms with Gasteiger partial charge in [-0.1, -0.05) is 62.7 Å². The fraction of sp³-hybridized carbons (Fsp3) is 0.400. The van der Waals surface area contributed by atoms with Crippen molar-refractivity contribution in [3.05, 3.63) is 102 Å². The topological polar surface area (TPSA) is 193 Å². The Labute approximate surface area is 382 Å². The van der Waals surface area contributed by atoms with Gasteiger partial charge in [-0.15, -0.1) is 0 Å². The van der Waals surface area contributed by atoms with Gasteiger partial charge in [-0.25, -0.2) is 19.6 Å². The smallest absolute Gasteiger partial charge is 0.407 e. The van der Waals surface area contributed by atoms with Crippen LogP contribution in [0.5, 0.6) is 5.75 Å². The first kappa shape index (κ1) is 44.3. The van der Waals surface area contributed by atoms with Gasteiger partial charge < -0.3 is 49.3 Å². The lowest BCUT2D eigenvalue weighted by molar-refractivity contribution is -0.137. The second-order valence-corrected chi connectivity index (χ2v) is 17.7. The number of hydrogen-bond acceptors (Lipinski definition) is 10. The summed E-state index contributed by atoms with van der Waals surface area (Å²) < 4.78 is 21.8. The number of fused-ring (bicyclic) bond motifs is 6. The molecule has 3 aliphatic rings. The molecule has 16 heteroatoms. The van der Waals surface area contributed by atoms with Gasteiger partial charge in [-0.3, -0.25) is 9.59 Å². The Morgan fingerprint density at radius 1 is 0.879 bits per heavy atom. The minimum atomic E-state index is -0.953. The van der Waals surface area contributed by atoms with Crippen LogP contribution in [0.25, 0.3) is 44.2 Å². The van der Waals surface area contributed by atoms with Crippen molar-refractivity contribution in [3.63, 3.8) is 0 Å². The van der Waals surface area contributed by atoms with E-state index < -0.39 is 24.3 Å². The molecule has 4 aromatic carbocycles. The largest absolute Gasteiger partial charge is 0.488 e. The molecule has 344 valence electrons. The van der Waals surface area contributed by atoms with E-state index in [1.165, 1.54) is 14.2 Å². The quantitative estimate of drug-likeness (QED) is 0.0933. The van der Waals surface area contributed by atoms with Crippen LogP contribution in [0.15, 0.2) is 79.0 Å². The first-order valence-corrected chi connectivity index (χ1v) is 22.6. The van der Waals surface area contributed by atoms with Crippen LogP contribution >= 0.6 is 0 Å². The van der Waals surface area contributed by atoms with Crippen molar-refractivity contribution in [3.8, 4) is 28.1 Å². The molecule has 6 aromatic rings. The van der Waals surface area contributed by atoms with E-state index in [1.54, 1.807) is 18.2 Å². The fourth-order valence-electron chi connectivity index (χ4n) is 10.00. The van der Waals surface area contributed by atoms with Gasteiger partial charge in [0.15, 0.2) is 0 Å². The molecule has 3 aliphatic heterocycles. The summed E-state index contributed by atoms with van der Waals surface area (Å²) in [5, 5.41) is 7.54. The van der Waals surface area contributed by atoms with Crippen LogP contribution in [-0.2, 0) is 30.4 Å². The summed E-state index contributed by atoms with van der Waals surface area (Å²) in [7, 11) is 4.24. The van der Waals surface area contributed by atoms with Crippen LogP contribution in [0.1, 0.15) is 87.4 Å². The van der Waals surface area contributed by atoms with E-state index in [-0.39, 0.29) is 41.8 Å². The summed E-state index contributed by atoms with van der Waals surface area (Å²) in [6, 6.07) is 21.4. The molecular formula is C50H56N8O8. The summed E-state index contributed by atoms with van der Waals surface area (Å²) >= 11 is 0. The number of rotatable bonds is 12. The Kier molecular flexibility index (Phi) is 12.4. The number of nitrogens with one attached hydrogen (secondary N) is 4. The highest BCUT2D eigenvalue weighted by atomic mass is 16.5. The maximum atomic E-state index is 14.4. The number of methoxy groups -OCH3 is 3. The third-order valence-electron chi connectivity index (χ3n) is 13.7. The molecular weight excluding hydrogens is 841 g/mol. The number of H-pyrrole nitrogens is 2. The number of amides is 4. The molecule has 0 radical (unpaired) electrons. The fourth-order valence-corrected chi connectivity index (χ4v) is 10.00. The van der Waals surface area contributed by atoms with E-state index in [4.69, 9.17) is 28.9 Å². The highest BCUT2D eigenvalue weighted by Gasteiger charge is 2.43. The van der Waals surface area contributed by atoms with Crippen LogP contribution in [0, 0.1) is 11.8 Å². The molecule has 0 saturated carbocycles. The molecule has 7 atom stereocenters. The third-order valence-corrected chi connectivity index (χ3v) is 13.7. The Morgan fingerprint density at radius 2 is 1.67 bits per heavy atom. The minimum absolute atomic E-state index is 0.0274. The molecule has 2 fully saturated rings. The molecule has 5 heterocycles. The zero-order valence-corrected chi connectivity index (χ0v) is 38.1. The molecule has 0 spiro atoms. The zero-order chi connectivity index (χ0) is 46.2. The standard InChI is InChI=1S/C50H56N8O8/c1-7-27(2)42(55-49(61)64-5)48(60)58-28(3)13-18-39(58)45-51-23-38(53-45)32-14-16-34-35-20-31-15-17-37-44(36(31)21-33(35)26-66-41(34)22-32)54-46(52-37)40-19-29(25-63-4)24-57(40)47(59)43(56-50(62)65-6)30-11-9-8-10-12-30/h8-12,14-17,20-23,27-29,39-40,42-43H,7,13,18-19,24-26H2,1-6H3,(H,51,53)(H,52,54)(H,55,61)(H,56,62)/t27-,28-,29-,39-,40-,42-,43+/m0/s1. The second kappa shape index (κ2) is 18.5. The van der Waals surface area contributed by atoms with E-state index in [2.05, 4.69) is 50.9 Å². The first-order chi connectivity index (χ1) is 32.0. The van der Waals surface area contributed by atoms with Crippen LogP contribution in [0.3, 0.4) is 0 Å². The number of carbonyl (C=O) groups is 4. The van der Waals surface area contributed by atoms with Crippen LogP contribution in [0.2, 0.25) is 0 Å². The SMILES string of the molecule is CC[C@H](C)[C@H](NC(=O)OC)C(=O)N1[C@@H](C)CC[C@H]1c1ncc(-c2ccc3c(c2)OCc2cc4c(ccc5nc([C@@H]6C[C@H](COC)CN6C(=O)[C@H](NC(=O)OC)c6ccccc6)[nH]c54)cc2-3)[nH]1. The Balaban J connectivity index is 0.979. The van der Waals surface area contributed by atoms with E-state index in [0.717, 1.165) is 68.3 Å². The van der Waals surface area contributed by atoms with Crippen molar-refractivity contribution in [1.29, 1.82) is 0 Å². The maximum Gasteiger partial charge on any atom is 0.407 e. The molecule has 16 nitrogen and oxygen atoms in total. The molecule has 4 amide bonds. The van der Waals surface area contributed by atoms with E-state index in [9.17, 15) is 19.2 Å². The summed E-state index contributed by atoms with van der Waals surface area (Å²) in [5.74, 6) is 1.69. The normalized spacial score (nSPS) is 20.3. The molecule has 2 saturated heterocycles. The number of aromatic nitrogens is 4. The van der Waals surface area contributed by atoms with Crippen molar-refractivity contribution in [1.82, 2.24) is 40.4 Å². The van der Waals surface area contributed by atoms with Crippen molar-refractivity contribution in [2.75, 3.05) is 34.5 Å². The van der Waals surface area contributed by atoms with Crippen molar-refractivity contribution in [2.45, 2.75) is 83.3 Å². The number of aromatic amines is 2. The molecule has 0 bridgehead atoms. The molecule has 4 N–H and O–H groups in total. The van der Waals surface area contributed by atoms with E-state index >= 15 is 0 Å². The predicted molar refractivity (Wildman–Crippen MR) is 247 cm³/mol. The van der Waals surface area contributed by atoms with Gasteiger partial charge in [0.2, 0.25) is 5.91 Å². The van der Waals surface area contributed by atoms with Gasteiger partial charge in [0, 0.05) is 42.1 Å². The minimum Gasteiger partial charge on any atom is -0.488 e. The Bertz CT molecular complexity index is 2790. The number of alkyl carbamates (subject to hydrolysis) is 2. The zero-order valence-electron chi connectivity index (χ0n) is 38.1. The molecule has 66 heavy (non-hydrogen) atoms. The van der Waals surface area contributed by atoms with Crippen LogP contribution in [0.4, 0.5) is 9.59 Å². The lowest BCUT2D eigenvalue weighted by Gasteiger charge is -2.33. The number of imidazole rings is 2. The van der Waals surface area contributed by atoms with Gasteiger partial charge in [-0.05, 0) is 84.5 Å².